The maximum Gasteiger partial charge on any atom is 2.00 e. The van der Waals surface area contributed by atoms with Crippen LogP contribution in [0.3, 0.4) is 0 Å². The fourth-order valence-electron chi connectivity index (χ4n) is 7.80. The van der Waals surface area contributed by atoms with Crippen LogP contribution in [-0.2, 0) is 31.9 Å². The van der Waals surface area contributed by atoms with Crippen LogP contribution < -0.4 is 13.9 Å². The first-order valence-electron chi connectivity index (χ1n) is 27.4. The van der Waals surface area contributed by atoms with E-state index in [4.69, 9.17) is 28.4 Å². The van der Waals surface area contributed by atoms with Gasteiger partial charge in [0.05, 0.1) is 22.1 Å². The van der Waals surface area contributed by atoms with Crippen LogP contribution in [0.1, 0.15) is 83.0 Å². The maximum atomic E-state index is 9.24. The standard InChI is InChI=1S/C57H49N5O.Pt/c1-37-20-24-39(25-21-37)45-15-13-16-46(40-26-22-38(2)23-27-40)55(45)61-36-60(50-18-11-12-19-51(50)61)43-30-42(57(6,7)8)31-44(33-43)63-54-34-52-48(35-59-54)47-14-9-10-17-49(47)62(52)53-32-41(28-29-58-53)56(3,4)5;/h9-32,35H,1-8H3;/q;+2/i1D3,2D3,20D,21D,22D,23D,24D,25D,26D,27D;. The van der Waals surface area contributed by atoms with Gasteiger partial charge in [-0.3, -0.25) is 4.98 Å². The third-order valence-corrected chi connectivity index (χ3v) is 11.0. The molecule has 0 saturated heterocycles. The van der Waals surface area contributed by atoms with E-state index in [2.05, 4.69) is 45.0 Å². The van der Waals surface area contributed by atoms with E-state index in [0.717, 1.165) is 27.4 Å². The van der Waals surface area contributed by atoms with Crippen LogP contribution >= 0.6 is 0 Å². The molecular weight excluding hydrogens is 966 g/mol. The molecule has 0 bridgehead atoms. The van der Waals surface area contributed by atoms with Gasteiger partial charge >= 0.3 is 27.1 Å². The predicted molar refractivity (Wildman–Crippen MR) is 259 cm³/mol. The summed E-state index contributed by atoms with van der Waals surface area (Å²) in [5.74, 6) is 1.11. The Hall–Kier alpha value is -6.71. The summed E-state index contributed by atoms with van der Waals surface area (Å²) in [6.45, 7) is 6.51. The van der Waals surface area contributed by atoms with E-state index >= 15 is 0 Å². The number of fused-ring (bicyclic) bond motifs is 4. The van der Waals surface area contributed by atoms with E-state index in [1.165, 1.54) is 22.8 Å². The van der Waals surface area contributed by atoms with E-state index in [-0.39, 0.29) is 66.1 Å². The average molecular weight is 1030 g/mol. The number of rotatable bonds is 7. The van der Waals surface area contributed by atoms with Gasteiger partial charge in [-0.05, 0) is 82.3 Å². The Morgan fingerprint density at radius 2 is 1.28 bits per heavy atom. The molecule has 4 heterocycles. The van der Waals surface area contributed by atoms with Gasteiger partial charge in [0.1, 0.15) is 17.4 Å². The normalized spacial score (nSPS) is 16.0. The first-order chi connectivity index (χ1) is 36.1. The van der Waals surface area contributed by atoms with Gasteiger partial charge in [0.2, 0.25) is 5.69 Å². The molecule has 6 aromatic carbocycles. The average Bonchev–Trinajstić information content (AvgIpc) is 3.90. The second-order valence-corrected chi connectivity index (χ2v) is 17.4. The number of hydrogen-bond donors (Lipinski definition) is 0. The summed E-state index contributed by atoms with van der Waals surface area (Å²) in [5.41, 5.74) is 1.95. The minimum Gasteiger partial charge on any atom is -0.484 e. The Balaban J connectivity index is 0.00000740. The van der Waals surface area contributed by atoms with E-state index in [1.807, 2.05) is 67.8 Å². The van der Waals surface area contributed by atoms with Crippen molar-refractivity contribution in [2.45, 2.75) is 66.1 Å². The summed E-state index contributed by atoms with van der Waals surface area (Å²) in [6, 6.07) is 31.6. The van der Waals surface area contributed by atoms with Crippen molar-refractivity contribution in [2.75, 3.05) is 0 Å². The Morgan fingerprint density at radius 1 is 0.656 bits per heavy atom. The zero-order valence-electron chi connectivity index (χ0n) is 49.8. The number of hydrogen-bond acceptors (Lipinski definition) is 3. The van der Waals surface area contributed by atoms with Crippen molar-refractivity contribution in [1.82, 2.24) is 23.7 Å². The molecule has 0 N–H and O–H groups in total. The quantitative estimate of drug-likeness (QED) is 0.118. The van der Waals surface area contributed by atoms with Crippen molar-refractivity contribution in [3.05, 3.63) is 186 Å². The van der Waals surface area contributed by atoms with Crippen LogP contribution in [0.2, 0.25) is 0 Å². The number of benzene rings is 6. The predicted octanol–water partition coefficient (Wildman–Crippen LogP) is 14.4. The fourth-order valence-corrected chi connectivity index (χ4v) is 7.80. The largest absolute Gasteiger partial charge is 2.00 e. The number of aromatic nitrogens is 3. The smallest absolute Gasteiger partial charge is 0.484 e. The summed E-state index contributed by atoms with van der Waals surface area (Å²) in [6.07, 6.45) is 3.55. The zero-order valence-corrected chi connectivity index (χ0v) is 38.0. The molecule has 3 aromatic heterocycles. The topological polar surface area (TPSA) is 46.0 Å². The fraction of sp³-hybridized carbons (Fsp3) is 0.175. The van der Waals surface area contributed by atoms with E-state index in [9.17, 15) is 5.48 Å². The molecule has 0 aliphatic carbocycles. The number of nitrogens with zero attached hydrogens (tertiary/aromatic N) is 5. The second kappa shape index (κ2) is 16.4. The Bertz CT molecular complexity index is 3890. The van der Waals surface area contributed by atoms with E-state index in [0.29, 0.717) is 28.4 Å². The summed E-state index contributed by atoms with van der Waals surface area (Å²) >= 11 is 0. The van der Waals surface area contributed by atoms with Crippen LogP contribution in [-0.4, -0.2) is 20.5 Å². The monoisotopic (exact) mass is 1030 g/mol. The van der Waals surface area contributed by atoms with Gasteiger partial charge in [0.15, 0.2) is 0 Å². The van der Waals surface area contributed by atoms with Gasteiger partial charge in [0, 0.05) is 37.8 Å². The molecule has 0 amide bonds. The third kappa shape index (κ3) is 7.83. The summed E-state index contributed by atoms with van der Waals surface area (Å²) in [7, 11) is 0. The molecule has 6 nitrogen and oxygen atoms in total. The van der Waals surface area contributed by atoms with Gasteiger partial charge in [0.25, 0.3) is 11.4 Å². The van der Waals surface area contributed by atoms with Gasteiger partial charge in [-0.2, -0.15) is 6.07 Å². The van der Waals surface area contributed by atoms with E-state index in [1.54, 1.807) is 41.2 Å². The summed E-state index contributed by atoms with van der Waals surface area (Å²) < 4.78 is 133. The van der Waals surface area contributed by atoms with Crippen LogP contribution in [0, 0.1) is 25.8 Å². The molecule has 0 spiro atoms. The van der Waals surface area contributed by atoms with Gasteiger partial charge in [-0.1, -0.05) is 160 Å². The minimum absolute atomic E-state index is 0. The summed E-state index contributed by atoms with van der Waals surface area (Å²) in [4.78, 5) is 9.54. The van der Waals surface area contributed by atoms with Crippen LogP contribution in [0.25, 0.3) is 49.9 Å². The number of ether oxygens (including phenoxy) is 1. The van der Waals surface area contributed by atoms with Gasteiger partial charge in [-0.25, -0.2) is 4.98 Å². The molecule has 0 unspecified atom stereocenters. The Labute approximate surface area is 409 Å². The molecule has 9 aromatic rings. The number of pyridine rings is 2. The molecule has 10 rings (SSSR count). The van der Waals surface area contributed by atoms with Crippen molar-refractivity contribution in [2.24, 2.45) is 0 Å². The van der Waals surface area contributed by atoms with Crippen molar-refractivity contribution in [3.8, 4) is 39.7 Å². The van der Waals surface area contributed by atoms with E-state index < -0.39 is 78.6 Å². The molecule has 0 radical (unpaired) electrons. The van der Waals surface area contributed by atoms with Gasteiger partial charge < -0.3 is 9.30 Å². The van der Waals surface area contributed by atoms with Crippen molar-refractivity contribution >= 4 is 50.6 Å². The van der Waals surface area contributed by atoms with Crippen molar-refractivity contribution in [3.63, 3.8) is 0 Å². The third-order valence-electron chi connectivity index (χ3n) is 11.0. The molecule has 7 heteroatoms. The molecule has 0 saturated carbocycles. The van der Waals surface area contributed by atoms with Crippen molar-refractivity contribution < 1.29 is 45.0 Å². The Morgan fingerprint density at radius 3 is 1.92 bits per heavy atom. The molecule has 1 aliphatic heterocycles. The van der Waals surface area contributed by atoms with Crippen LogP contribution in [0.15, 0.2) is 152 Å². The molecule has 0 fully saturated rings. The minimum atomic E-state index is -3.02. The first kappa shape index (κ1) is 28.9. The van der Waals surface area contributed by atoms with Crippen molar-refractivity contribution in [1.29, 1.82) is 0 Å². The second-order valence-electron chi connectivity index (χ2n) is 17.4. The van der Waals surface area contributed by atoms with Gasteiger partial charge in [-0.15, -0.1) is 22.5 Å². The SMILES string of the molecule is [2H]c1c([2H])c(C([2H])([2H])[2H])c([2H])c([2H])c1-c1cccc(-c2c([2H])c([2H])c(C([2H])([2H])[2H])c([2H])c2[2H])c1[N+]1=C=[N+](c2[c-]c(Oc3[c-]c4c(cn3)c3ccccc3n4-c3cc(C(C)(C)C)ccn3)cc(C(C)(C)C)c2)c2ccccc21.[Pt+2]. The maximum absolute atomic E-state index is 9.24. The number of para-hydroxylation sites is 4. The van der Waals surface area contributed by atoms with Crippen LogP contribution in [0.5, 0.6) is 11.6 Å². The molecular formula is C57H49N5OPt+2. The first-order valence-corrected chi connectivity index (χ1v) is 20.4. The molecule has 316 valence electrons. The molecule has 1 aliphatic rings. The Kier molecular flexibility index (Phi) is 7.42. The summed E-state index contributed by atoms with van der Waals surface area (Å²) in [5, 5.41) is 1.79. The zero-order chi connectivity index (χ0) is 55.6. The molecule has 0 atom stereocenters. The van der Waals surface area contributed by atoms with Crippen LogP contribution in [0.4, 0.5) is 22.7 Å². The molecule has 64 heavy (non-hydrogen) atoms.